The van der Waals surface area contributed by atoms with Gasteiger partial charge in [-0.1, -0.05) is 11.3 Å². The number of nitrogens with zero attached hydrogens (tertiary/aromatic N) is 4. The molecule has 3 aromatic rings. The van der Waals surface area contributed by atoms with Crippen molar-refractivity contribution in [1.29, 1.82) is 0 Å². The quantitative estimate of drug-likeness (QED) is 0.703. The number of hydrogen-bond acceptors (Lipinski definition) is 3. The summed E-state index contributed by atoms with van der Waals surface area (Å²) in [5.74, 6) is -1.44. The summed E-state index contributed by atoms with van der Waals surface area (Å²) in [5, 5.41) is 8.15. The summed E-state index contributed by atoms with van der Waals surface area (Å²) in [7, 11) is 0. The van der Waals surface area contributed by atoms with E-state index in [1.807, 2.05) is 13.0 Å². The second-order valence-electron chi connectivity index (χ2n) is 6.51. The van der Waals surface area contributed by atoms with Crippen molar-refractivity contribution in [3.05, 3.63) is 59.2 Å². The molecule has 0 bridgehead atoms. The summed E-state index contributed by atoms with van der Waals surface area (Å²) in [6.45, 7) is 2.79. The molecule has 0 unspecified atom stereocenters. The van der Waals surface area contributed by atoms with Gasteiger partial charge in [0.25, 0.3) is 5.91 Å². The second kappa shape index (κ2) is 6.48. The van der Waals surface area contributed by atoms with Crippen LogP contribution in [0.4, 0.5) is 8.78 Å². The van der Waals surface area contributed by atoms with Gasteiger partial charge in [-0.15, -0.1) is 5.10 Å². The monoisotopic (exact) mass is 356 g/mol. The highest BCUT2D eigenvalue weighted by Gasteiger charge is 2.33. The van der Waals surface area contributed by atoms with Gasteiger partial charge in [0.1, 0.15) is 17.2 Å². The molecule has 1 saturated carbocycles. The average Bonchev–Trinajstić information content (AvgIpc) is 3.39. The first-order valence-electron chi connectivity index (χ1n) is 8.65. The zero-order valence-electron chi connectivity index (χ0n) is 14.3. The van der Waals surface area contributed by atoms with E-state index >= 15 is 0 Å². The Morgan fingerprint density at radius 2 is 2.04 bits per heavy atom. The molecule has 1 fully saturated rings. The van der Waals surface area contributed by atoms with Crippen molar-refractivity contribution >= 4 is 16.9 Å². The predicted molar refractivity (Wildman–Crippen MR) is 92.5 cm³/mol. The van der Waals surface area contributed by atoms with Gasteiger partial charge in [-0.25, -0.2) is 13.5 Å². The van der Waals surface area contributed by atoms with Gasteiger partial charge in [-0.3, -0.25) is 4.79 Å². The number of carbonyl (C=O) groups is 1. The largest absolute Gasteiger partial charge is 0.331 e. The fourth-order valence-electron chi connectivity index (χ4n) is 3.09. The Morgan fingerprint density at radius 1 is 1.23 bits per heavy atom. The van der Waals surface area contributed by atoms with E-state index in [1.165, 1.54) is 12.1 Å². The first kappa shape index (κ1) is 16.6. The van der Waals surface area contributed by atoms with Crippen molar-refractivity contribution in [2.24, 2.45) is 0 Å². The van der Waals surface area contributed by atoms with E-state index < -0.39 is 11.6 Å². The van der Waals surface area contributed by atoms with Crippen LogP contribution in [0, 0.1) is 11.6 Å². The average molecular weight is 356 g/mol. The standard InChI is InChI=1S/C19H18F2N4O/c1-2-25-18-8-4-12(9-17(18)22-23-25)19(26)24(15-6-7-15)11-13-3-5-14(20)10-16(13)21/h3-5,8-10,15H,2,6-7,11H2,1H3. The summed E-state index contributed by atoms with van der Waals surface area (Å²) >= 11 is 0. The van der Waals surface area contributed by atoms with Crippen LogP contribution in [0.3, 0.4) is 0 Å². The van der Waals surface area contributed by atoms with E-state index in [2.05, 4.69) is 10.3 Å². The van der Waals surface area contributed by atoms with Crippen LogP contribution in [0.5, 0.6) is 0 Å². The molecule has 1 amide bonds. The van der Waals surface area contributed by atoms with Crippen LogP contribution >= 0.6 is 0 Å². The number of benzene rings is 2. The molecule has 1 aromatic heterocycles. The minimum atomic E-state index is -0.634. The lowest BCUT2D eigenvalue weighted by Crippen LogP contribution is -2.33. The molecule has 134 valence electrons. The minimum Gasteiger partial charge on any atom is -0.331 e. The molecule has 1 aliphatic carbocycles. The zero-order chi connectivity index (χ0) is 18.3. The number of carbonyl (C=O) groups excluding carboxylic acids is 1. The molecule has 7 heteroatoms. The molecule has 0 atom stereocenters. The SMILES string of the molecule is CCn1nnc2cc(C(=O)N(Cc3ccc(F)cc3F)C3CC3)ccc21. The molecular formula is C19H18F2N4O. The van der Waals surface area contributed by atoms with Crippen molar-refractivity contribution in [2.75, 3.05) is 0 Å². The lowest BCUT2D eigenvalue weighted by atomic mass is 10.1. The van der Waals surface area contributed by atoms with Gasteiger partial charge in [-0.05, 0) is 44.0 Å². The van der Waals surface area contributed by atoms with E-state index in [4.69, 9.17) is 0 Å². The summed E-state index contributed by atoms with van der Waals surface area (Å²) in [4.78, 5) is 14.7. The summed E-state index contributed by atoms with van der Waals surface area (Å²) in [6.07, 6.45) is 1.78. The smallest absolute Gasteiger partial charge is 0.254 e. The summed E-state index contributed by atoms with van der Waals surface area (Å²) in [5.41, 5.74) is 2.33. The van der Waals surface area contributed by atoms with Gasteiger partial charge in [0.2, 0.25) is 0 Å². The Morgan fingerprint density at radius 3 is 2.73 bits per heavy atom. The second-order valence-corrected chi connectivity index (χ2v) is 6.51. The van der Waals surface area contributed by atoms with Crippen LogP contribution < -0.4 is 0 Å². The first-order valence-corrected chi connectivity index (χ1v) is 8.65. The highest BCUT2D eigenvalue weighted by molar-refractivity contribution is 5.97. The number of halogens is 2. The van der Waals surface area contributed by atoms with E-state index in [0.29, 0.717) is 23.2 Å². The molecule has 1 aliphatic rings. The zero-order valence-corrected chi connectivity index (χ0v) is 14.3. The lowest BCUT2D eigenvalue weighted by molar-refractivity contribution is 0.0728. The molecule has 5 nitrogen and oxygen atoms in total. The Balaban J connectivity index is 1.63. The molecule has 26 heavy (non-hydrogen) atoms. The van der Waals surface area contributed by atoms with Gasteiger partial charge in [0, 0.05) is 36.3 Å². The van der Waals surface area contributed by atoms with Crippen LogP contribution in [0.25, 0.3) is 11.0 Å². The molecule has 0 N–H and O–H groups in total. The maximum absolute atomic E-state index is 14.0. The molecule has 0 saturated heterocycles. The van der Waals surface area contributed by atoms with E-state index in [9.17, 15) is 13.6 Å². The van der Waals surface area contributed by atoms with Gasteiger partial charge in [0.15, 0.2) is 0 Å². The van der Waals surface area contributed by atoms with Crippen LogP contribution in [-0.4, -0.2) is 31.8 Å². The molecule has 1 heterocycles. The van der Waals surface area contributed by atoms with Crippen molar-refractivity contribution in [3.63, 3.8) is 0 Å². The van der Waals surface area contributed by atoms with Gasteiger partial charge in [0.05, 0.1) is 5.52 Å². The molecule has 4 rings (SSSR count). The van der Waals surface area contributed by atoms with E-state index in [0.717, 1.165) is 24.4 Å². The van der Waals surface area contributed by atoms with Crippen LogP contribution in [0.1, 0.15) is 35.7 Å². The van der Waals surface area contributed by atoms with Crippen LogP contribution in [0.2, 0.25) is 0 Å². The van der Waals surface area contributed by atoms with Crippen LogP contribution in [-0.2, 0) is 13.1 Å². The topological polar surface area (TPSA) is 51.0 Å². The number of aromatic nitrogens is 3. The predicted octanol–water partition coefficient (Wildman–Crippen LogP) is 3.53. The number of amides is 1. The molecule has 0 aliphatic heterocycles. The highest BCUT2D eigenvalue weighted by Crippen LogP contribution is 2.30. The number of hydrogen-bond donors (Lipinski definition) is 0. The number of rotatable bonds is 5. The maximum atomic E-state index is 14.0. The third-order valence-corrected chi connectivity index (χ3v) is 4.66. The Hall–Kier alpha value is -2.83. The molecule has 0 radical (unpaired) electrons. The maximum Gasteiger partial charge on any atom is 0.254 e. The van der Waals surface area contributed by atoms with Crippen LogP contribution in [0.15, 0.2) is 36.4 Å². The van der Waals surface area contributed by atoms with Crippen molar-refractivity contribution in [3.8, 4) is 0 Å². The normalized spacial score (nSPS) is 14.0. The summed E-state index contributed by atoms with van der Waals surface area (Å²) in [6, 6.07) is 8.83. The fourth-order valence-corrected chi connectivity index (χ4v) is 3.09. The van der Waals surface area contributed by atoms with E-state index in [1.54, 1.807) is 21.7 Å². The lowest BCUT2D eigenvalue weighted by Gasteiger charge is -2.23. The molecular weight excluding hydrogens is 338 g/mol. The van der Waals surface area contributed by atoms with Crippen molar-refractivity contribution in [1.82, 2.24) is 19.9 Å². The third kappa shape index (κ3) is 3.05. The van der Waals surface area contributed by atoms with Crippen molar-refractivity contribution < 1.29 is 13.6 Å². The highest BCUT2D eigenvalue weighted by atomic mass is 19.1. The first-order chi connectivity index (χ1) is 12.6. The van der Waals surface area contributed by atoms with E-state index in [-0.39, 0.29) is 18.5 Å². The van der Waals surface area contributed by atoms with Gasteiger partial charge in [-0.2, -0.15) is 0 Å². The number of fused-ring (bicyclic) bond motifs is 1. The number of aryl methyl sites for hydroxylation is 1. The molecule has 0 spiro atoms. The third-order valence-electron chi connectivity index (χ3n) is 4.66. The Bertz CT molecular complexity index is 981. The van der Waals surface area contributed by atoms with Gasteiger partial charge >= 0.3 is 0 Å². The Kier molecular flexibility index (Phi) is 4.14. The fraction of sp³-hybridized carbons (Fsp3) is 0.316. The minimum absolute atomic E-state index is 0.0916. The molecule has 2 aromatic carbocycles. The Labute approximate surface area is 149 Å². The van der Waals surface area contributed by atoms with Crippen molar-refractivity contribution in [2.45, 2.75) is 38.9 Å². The summed E-state index contributed by atoms with van der Waals surface area (Å²) < 4.78 is 28.9. The van der Waals surface area contributed by atoms with Gasteiger partial charge < -0.3 is 4.90 Å².